The fourth-order valence-corrected chi connectivity index (χ4v) is 3.19. The number of carbonyl (C=O) groups excluding carboxylic acids is 1. The average Bonchev–Trinajstić information content (AvgIpc) is 3.33. The number of nitrogens with zero attached hydrogens (tertiary/aromatic N) is 1. The molecule has 0 saturated heterocycles. The van der Waals surface area contributed by atoms with Gasteiger partial charge in [-0.15, -0.1) is 0 Å². The van der Waals surface area contributed by atoms with Crippen molar-refractivity contribution in [1.29, 1.82) is 0 Å². The monoisotopic (exact) mass is 351 g/mol. The van der Waals surface area contributed by atoms with Crippen molar-refractivity contribution >= 4 is 28.5 Å². The molecule has 134 valence electrons. The minimum absolute atomic E-state index is 0.0958. The zero-order valence-electron chi connectivity index (χ0n) is 14.9. The molecule has 1 aromatic carbocycles. The molecule has 1 aromatic heterocycles. The lowest BCUT2D eigenvalue weighted by molar-refractivity contribution is -0.113. The van der Waals surface area contributed by atoms with E-state index in [1.807, 2.05) is 25.1 Å². The van der Waals surface area contributed by atoms with E-state index in [0.29, 0.717) is 18.7 Å². The van der Waals surface area contributed by atoms with E-state index in [0.717, 1.165) is 40.7 Å². The van der Waals surface area contributed by atoms with Gasteiger partial charge in [0.1, 0.15) is 11.5 Å². The Morgan fingerprint density at radius 2 is 2.15 bits per heavy atom. The average molecular weight is 351 g/mol. The van der Waals surface area contributed by atoms with E-state index in [1.54, 1.807) is 6.08 Å². The molecule has 0 radical (unpaired) electrons. The number of aliphatic imine (C=N–C) groups is 1. The Hall–Kier alpha value is -2.82. The number of allylic oxidation sites excluding steroid dienone is 3. The van der Waals surface area contributed by atoms with Gasteiger partial charge in [-0.3, -0.25) is 9.79 Å². The van der Waals surface area contributed by atoms with Gasteiger partial charge >= 0.3 is 0 Å². The number of ether oxygens (including phenoxy) is 1. The van der Waals surface area contributed by atoms with Gasteiger partial charge in [-0.2, -0.15) is 0 Å². The summed E-state index contributed by atoms with van der Waals surface area (Å²) >= 11 is 0. The van der Waals surface area contributed by atoms with Gasteiger partial charge in [0.2, 0.25) is 0 Å². The number of rotatable bonds is 3. The zero-order valence-corrected chi connectivity index (χ0v) is 14.9. The smallest absolute Gasteiger partial charge is 0.176 e. The molecule has 4 rings (SSSR count). The summed E-state index contributed by atoms with van der Waals surface area (Å²) in [6.07, 6.45) is 6.15. The highest BCUT2D eigenvalue weighted by Gasteiger charge is 2.26. The Labute approximate surface area is 151 Å². The Morgan fingerprint density at radius 1 is 1.35 bits per heavy atom. The minimum atomic E-state index is -0.221. The fourth-order valence-electron chi connectivity index (χ4n) is 3.19. The number of para-hydroxylation sites is 1. The van der Waals surface area contributed by atoms with Gasteiger partial charge in [0, 0.05) is 23.7 Å². The standard InChI is InChI=1S/C21H21NO4/c1-12-10-18(24)17(13(2)23)11-22-9-8-16-15-4-3-5-19(25-14-6-7-14)21(15)26-20(12)16/h3-5,10-11,14,24H,6-9H2,1-2H3/b12-10+,18-17?,22-11?. The summed E-state index contributed by atoms with van der Waals surface area (Å²) < 4.78 is 12.2. The van der Waals surface area contributed by atoms with E-state index in [9.17, 15) is 9.90 Å². The van der Waals surface area contributed by atoms with Crippen molar-refractivity contribution in [3.63, 3.8) is 0 Å². The number of hydrogen-bond donors (Lipinski definition) is 1. The molecule has 0 bridgehead atoms. The quantitative estimate of drug-likeness (QED) is 0.889. The molecule has 1 aliphatic heterocycles. The zero-order chi connectivity index (χ0) is 18.3. The summed E-state index contributed by atoms with van der Waals surface area (Å²) in [5.41, 5.74) is 2.75. The summed E-state index contributed by atoms with van der Waals surface area (Å²) in [6, 6.07) is 5.93. The van der Waals surface area contributed by atoms with Crippen molar-refractivity contribution in [2.45, 2.75) is 39.2 Å². The van der Waals surface area contributed by atoms with Crippen LogP contribution < -0.4 is 4.74 Å². The van der Waals surface area contributed by atoms with Crippen molar-refractivity contribution in [2.75, 3.05) is 6.54 Å². The molecular weight excluding hydrogens is 330 g/mol. The maximum absolute atomic E-state index is 11.7. The third kappa shape index (κ3) is 3.05. The summed E-state index contributed by atoms with van der Waals surface area (Å²) in [7, 11) is 0. The van der Waals surface area contributed by atoms with E-state index in [2.05, 4.69) is 4.99 Å². The van der Waals surface area contributed by atoms with Crippen molar-refractivity contribution in [3.05, 3.63) is 46.9 Å². The third-order valence-electron chi connectivity index (χ3n) is 4.68. The first kappa shape index (κ1) is 16.6. The van der Waals surface area contributed by atoms with Crippen LogP contribution in [0.4, 0.5) is 0 Å². The van der Waals surface area contributed by atoms with E-state index < -0.39 is 0 Å². The molecule has 0 atom stereocenters. The van der Waals surface area contributed by atoms with Crippen LogP contribution in [-0.4, -0.2) is 29.8 Å². The predicted octanol–water partition coefficient (Wildman–Crippen LogP) is 4.41. The number of benzene rings is 1. The van der Waals surface area contributed by atoms with Crippen molar-refractivity contribution in [1.82, 2.24) is 0 Å². The SMILES string of the molecule is CC(=O)C1=C(O)/C=C(\C)c2oc3c(OC4CC4)cccc3c2CCN=C1. The second-order valence-electron chi connectivity index (χ2n) is 6.83. The summed E-state index contributed by atoms with van der Waals surface area (Å²) in [5, 5.41) is 11.3. The van der Waals surface area contributed by atoms with Gasteiger partial charge in [-0.05, 0) is 50.8 Å². The van der Waals surface area contributed by atoms with Gasteiger partial charge in [-0.1, -0.05) is 12.1 Å². The van der Waals surface area contributed by atoms with Gasteiger partial charge in [0.15, 0.2) is 17.1 Å². The largest absolute Gasteiger partial charge is 0.507 e. The molecule has 0 amide bonds. The number of carbonyl (C=O) groups is 1. The number of hydrogen-bond acceptors (Lipinski definition) is 5. The second kappa shape index (κ2) is 6.48. The van der Waals surface area contributed by atoms with Crippen LogP contribution in [0.15, 0.2) is 45.0 Å². The maximum atomic E-state index is 11.7. The first-order valence-electron chi connectivity index (χ1n) is 8.88. The molecule has 2 aliphatic rings. The van der Waals surface area contributed by atoms with Gasteiger partial charge in [0.25, 0.3) is 0 Å². The first-order chi connectivity index (χ1) is 12.5. The number of fused-ring (bicyclic) bond motifs is 3. The van der Waals surface area contributed by atoms with Gasteiger partial charge in [-0.25, -0.2) is 0 Å². The maximum Gasteiger partial charge on any atom is 0.176 e. The molecule has 2 heterocycles. The van der Waals surface area contributed by atoms with E-state index in [1.165, 1.54) is 13.1 Å². The Balaban J connectivity index is 1.87. The lowest BCUT2D eigenvalue weighted by Gasteiger charge is -2.06. The molecule has 1 aliphatic carbocycles. The molecule has 1 fully saturated rings. The van der Waals surface area contributed by atoms with Crippen LogP contribution in [0.1, 0.15) is 38.0 Å². The van der Waals surface area contributed by atoms with E-state index >= 15 is 0 Å². The van der Waals surface area contributed by atoms with Crippen LogP contribution in [0.25, 0.3) is 16.5 Å². The van der Waals surface area contributed by atoms with Crippen LogP contribution >= 0.6 is 0 Å². The lowest BCUT2D eigenvalue weighted by atomic mass is 10.0. The summed E-state index contributed by atoms with van der Waals surface area (Å²) in [5.74, 6) is 1.15. The number of aliphatic hydroxyl groups is 1. The lowest BCUT2D eigenvalue weighted by Crippen LogP contribution is -2.05. The highest BCUT2D eigenvalue weighted by Crippen LogP contribution is 2.39. The number of furan rings is 1. The van der Waals surface area contributed by atoms with Gasteiger partial charge < -0.3 is 14.3 Å². The highest BCUT2D eigenvalue weighted by molar-refractivity contribution is 6.13. The normalized spacial score (nSPS) is 19.8. The molecule has 5 heteroatoms. The molecule has 5 nitrogen and oxygen atoms in total. The number of ketones is 1. The predicted molar refractivity (Wildman–Crippen MR) is 101 cm³/mol. The van der Waals surface area contributed by atoms with Crippen molar-refractivity contribution in [3.8, 4) is 5.75 Å². The summed E-state index contributed by atoms with van der Waals surface area (Å²) in [4.78, 5) is 16.1. The minimum Gasteiger partial charge on any atom is -0.507 e. The molecule has 1 saturated carbocycles. The fraction of sp³-hybridized carbons (Fsp3) is 0.333. The Bertz CT molecular complexity index is 973. The number of aliphatic hydroxyl groups excluding tert-OH is 1. The molecule has 2 aromatic rings. The Morgan fingerprint density at radius 3 is 2.88 bits per heavy atom. The molecule has 0 spiro atoms. The molecule has 0 unspecified atom stereocenters. The molecular formula is C21H21NO4. The van der Waals surface area contributed by atoms with Crippen LogP contribution in [-0.2, 0) is 11.2 Å². The van der Waals surface area contributed by atoms with E-state index in [-0.39, 0.29) is 23.2 Å². The van der Waals surface area contributed by atoms with Crippen molar-refractivity contribution in [2.24, 2.45) is 4.99 Å². The molecule has 26 heavy (non-hydrogen) atoms. The first-order valence-corrected chi connectivity index (χ1v) is 8.88. The van der Waals surface area contributed by atoms with Crippen LogP contribution in [0.3, 0.4) is 0 Å². The Kier molecular flexibility index (Phi) is 4.15. The van der Waals surface area contributed by atoms with Crippen molar-refractivity contribution < 1.29 is 19.1 Å². The summed E-state index contributed by atoms with van der Waals surface area (Å²) in [6.45, 7) is 3.79. The molecule has 1 N–H and O–H groups in total. The third-order valence-corrected chi connectivity index (χ3v) is 4.68. The number of Topliss-reactive ketones (excluding diaryl/α,β-unsaturated/α-hetero) is 1. The second-order valence-corrected chi connectivity index (χ2v) is 6.83. The van der Waals surface area contributed by atoms with Crippen LogP contribution in [0.5, 0.6) is 5.75 Å². The highest BCUT2D eigenvalue weighted by atomic mass is 16.5. The topological polar surface area (TPSA) is 72.0 Å². The van der Waals surface area contributed by atoms with Gasteiger partial charge in [0.05, 0.1) is 11.7 Å². The van der Waals surface area contributed by atoms with E-state index in [4.69, 9.17) is 9.15 Å². The van der Waals surface area contributed by atoms with Crippen LogP contribution in [0, 0.1) is 0 Å². The van der Waals surface area contributed by atoms with Crippen LogP contribution in [0.2, 0.25) is 0 Å².